The van der Waals surface area contributed by atoms with Crippen molar-refractivity contribution in [1.82, 2.24) is 10.2 Å². The number of nitrogens with zero attached hydrogens (tertiary/aromatic N) is 2. The summed E-state index contributed by atoms with van der Waals surface area (Å²) in [5.41, 5.74) is 1.10. The molecule has 126 valence electrons. The van der Waals surface area contributed by atoms with Crippen molar-refractivity contribution in [3.8, 4) is 0 Å². The molecule has 0 bridgehead atoms. The normalized spacial score (nSPS) is 14.7. The first kappa shape index (κ1) is 17.6. The van der Waals surface area contributed by atoms with E-state index < -0.39 is 0 Å². The van der Waals surface area contributed by atoms with Gasteiger partial charge in [-0.25, -0.2) is 0 Å². The molecule has 0 aromatic heterocycles. The molecular formula is C16H22ClN3O3. The van der Waals surface area contributed by atoms with Crippen LogP contribution in [0.2, 0.25) is 5.02 Å². The predicted molar refractivity (Wildman–Crippen MR) is 89.7 cm³/mol. The maximum absolute atomic E-state index is 12.1. The number of halogens is 1. The molecule has 0 atom stereocenters. The van der Waals surface area contributed by atoms with Gasteiger partial charge in [0.2, 0.25) is 11.8 Å². The summed E-state index contributed by atoms with van der Waals surface area (Å²) >= 11 is 5.89. The Hall–Kier alpha value is -1.79. The van der Waals surface area contributed by atoms with E-state index in [1.807, 2.05) is 31.2 Å². The molecule has 7 heteroatoms. The van der Waals surface area contributed by atoms with Crippen LogP contribution in [-0.4, -0.2) is 62.7 Å². The second kappa shape index (κ2) is 8.74. The van der Waals surface area contributed by atoms with E-state index in [1.165, 1.54) is 0 Å². The first-order valence-electron chi connectivity index (χ1n) is 7.73. The Morgan fingerprint density at radius 3 is 2.43 bits per heavy atom. The zero-order chi connectivity index (χ0) is 16.7. The second-order valence-corrected chi connectivity index (χ2v) is 5.69. The third kappa shape index (κ3) is 5.41. The Balaban J connectivity index is 1.74. The topological polar surface area (TPSA) is 61.9 Å². The minimum Gasteiger partial charge on any atom is -0.372 e. The van der Waals surface area contributed by atoms with Crippen LogP contribution in [-0.2, 0) is 14.3 Å². The first-order chi connectivity index (χ1) is 11.1. The van der Waals surface area contributed by atoms with Gasteiger partial charge in [0.15, 0.2) is 0 Å². The molecule has 2 amide bonds. The van der Waals surface area contributed by atoms with Crippen LogP contribution in [0.5, 0.6) is 0 Å². The number of hydrogen-bond acceptors (Lipinski definition) is 4. The molecule has 1 saturated heterocycles. The molecule has 6 nitrogen and oxygen atoms in total. The first-order valence-corrected chi connectivity index (χ1v) is 8.10. The fourth-order valence-corrected chi connectivity index (χ4v) is 2.52. The van der Waals surface area contributed by atoms with Gasteiger partial charge in [-0.2, -0.15) is 0 Å². The van der Waals surface area contributed by atoms with Crippen molar-refractivity contribution < 1.29 is 14.3 Å². The van der Waals surface area contributed by atoms with Crippen molar-refractivity contribution in [2.75, 3.05) is 50.8 Å². The zero-order valence-electron chi connectivity index (χ0n) is 13.3. The van der Waals surface area contributed by atoms with E-state index in [0.29, 0.717) is 24.7 Å². The molecule has 0 spiro atoms. The van der Waals surface area contributed by atoms with Gasteiger partial charge in [-0.1, -0.05) is 11.6 Å². The van der Waals surface area contributed by atoms with Gasteiger partial charge >= 0.3 is 0 Å². The maximum Gasteiger partial charge on any atom is 0.246 e. The summed E-state index contributed by atoms with van der Waals surface area (Å²) in [5.74, 6) is -0.328. The maximum atomic E-state index is 12.1. The molecule has 23 heavy (non-hydrogen) atoms. The Bertz CT molecular complexity index is 528. The predicted octanol–water partition coefficient (Wildman–Crippen LogP) is 1.14. The number of benzene rings is 1. The van der Waals surface area contributed by atoms with Crippen molar-refractivity contribution in [3.63, 3.8) is 0 Å². The standard InChI is InChI=1S/C16H22ClN3O3/c1-2-23-12-15(21)18-11-16(22)20-9-7-19(8-10-20)14-5-3-13(17)4-6-14/h3-6H,2,7-12H2,1H3,(H,18,21). The fourth-order valence-electron chi connectivity index (χ4n) is 2.40. The molecule has 0 radical (unpaired) electrons. The van der Waals surface area contributed by atoms with Gasteiger partial charge in [-0.05, 0) is 31.2 Å². The summed E-state index contributed by atoms with van der Waals surface area (Å²) in [6.07, 6.45) is 0. The van der Waals surface area contributed by atoms with E-state index in [-0.39, 0.29) is 25.0 Å². The summed E-state index contributed by atoms with van der Waals surface area (Å²) in [7, 11) is 0. The van der Waals surface area contributed by atoms with E-state index in [9.17, 15) is 9.59 Å². The van der Waals surface area contributed by atoms with Crippen LogP contribution in [0, 0.1) is 0 Å². The number of carbonyl (C=O) groups excluding carboxylic acids is 2. The van der Waals surface area contributed by atoms with Crippen LogP contribution >= 0.6 is 11.6 Å². The van der Waals surface area contributed by atoms with Crippen LogP contribution in [0.25, 0.3) is 0 Å². The van der Waals surface area contributed by atoms with Crippen molar-refractivity contribution in [1.29, 1.82) is 0 Å². The number of ether oxygens (including phenoxy) is 1. The molecule has 0 unspecified atom stereocenters. The van der Waals surface area contributed by atoms with E-state index in [4.69, 9.17) is 16.3 Å². The number of hydrogen-bond donors (Lipinski definition) is 1. The van der Waals surface area contributed by atoms with E-state index >= 15 is 0 Å². The lowest BCUT2D eigenvalue weighted by molar-refractivity contribution is -0.134. The van der Waals surface area contributed by atoms with E-state index in [2.05, 4.69) is 10.2 Å². The minimum atomic E-state index is -0.264. The third-order valence-corrected chi connectivity index (χ3v) is 3.95. The second-order valence-electron chi connectivity index (χ2n) is 5.26. The van der Waals surface area contributed by atoms with E-state index in [0.717, 1.165) is 18.8 Å². The van der Waals surface area contributed by atoms with Crippen LogP contribution < -0.4 is 10.2 Å². The Morgan fingerprint density at radius 2 is 1.83 bits per heavy atom. The van der Waals surface area contributed by atoms with Gasteiger partial charge in [0.25, 0.3) is 0 Å². The average molecular weight is 340 g/mol. The summed E-state index contributed by atoms with van der Waals surface area (Å²) in [6.45, 7) is 5.12. The highest BCUT2D eigenvalue weighted by Gasteiger charge is 2.21. The third-order valence-electron chi connectivity index (χ3n) is 3.70. The lowest BCUT2D eigenvalue weighted by Gasteiger charge is -2.36. The lowest BCUT2D eigenvalue weighted by atomic mass is 10.2. The quantitative estimate of drug-likeness (QED) is 0.844. The summed E-state index contributed by atoms with van der Waals surface area (Å²) in [5, 5.41) is 3.29. The molecule has 1 aliphatic heterocycles. The van der Waals surface area contributed by atoms with Crippen molar-refractivity contribution >= 4 is 29.1 Å². The molecule has 2 rings (SSSR count). The number of piperazine rings is 1. The molecule has 0 saturated carbocycles. The molecule has 1 heterocycles. The van der Waals surface area contributed by atoms with Gasteiger partial charge in [0.1, 0.15) is 6.61 Å². The minimum absolute atomic E-state index is 0.00583. The highest BCUT2D eigenvalue weighted by Crippen LogP contribution is 2.19. The number of anilines is 1. The number of nitrogens with one attached hydrogen (secondary N) is 1. The summed E-state index contributed by atoms with van der Waals surface area (Å²) in [6, 6.07) is 7.69. The molecule has 1 aliphatic rings. The van der Waals surface area contributed by atoms with Gasteiger partial charge in [-0.3, -0.25) is 9.59 Å². The Labute approximate surface area is 141 Å². The molecule has 0 aliphatic carbocycles. The molecule has 1 aromatic carbocycles. The molecule has 1 fully saturated rings. The highest BCUT2D eigenvalue weighted by atomic mass is 35.5. The molecule has 1 aromatic rings. The van der Waals surface area contributed by atoms with Crippen molar-refractivity contribution in [2.24, 2.45) is 0 Å². The van der Waals surface area contributed by atoms with Gasteiger partial charge in [0, 0.05) is 43.5 Å². The van der Waals surface area contributed by atoms with Crippen LogP contribution in [0.3, 0.4) is 0 Å². The van der Waals surface area contributed by atoms with E-state index in [1.54, 1.807) is 4.90 Å². The Kier molecular flexibility index (Phi) is 6.67. The largest absolute Gasteiger partial charge is 0.372 e. The van der Waals surface area contributed by atoms with Gasteiger partial charge < -0.3 is 19.9 Å². The zero-order valence-corrected chi connectivity index (χ0v) is 14.0. The Morgan fingerprint density at radius 1 is 1.17 bits per heavy atom. The molecular weight excluding hydrogens is 318 g/mol. The average Bonchev–Trinajstić information content (AvgIpc) is 2.58. The smallest absolute Gasteiger partial charge is 0.246 e. The fraction of sp³-hybridized carbons (Fsp3) is 0.500. The number of rotatable bonds is 6. The SMILES string of the molecule is CCOCC(=O)NCC(=O)N1CCN(c2ccc(Cl)cc2)CC1. The highest BCUT2D eigenvalue weighted by molar-refractivity contribution is 6.30. The number of amides is 2. The van der Waals surface area contributed by atoms with Crippen LogP contribution in [0.4, 0.5) is 5.69 Å². The van der Waals surface area contributed by atoms with Crippen molar-refractivity contribution in [3.05, 3.63) is 29.3 Å². The van der Waals surface area contributed by atoms with Crippen LogP contribution in [0.15, 0.2) is 24.3 Å². The summed E-state index contributed by atoms with van der Waals surface area (Å²) in [4.78, 5) is 27.5. The number of carbonyl (C=O) groups is 2. The lowest BCUT2D eigenvalue weighted by Crippen LogP contribution is -2.51. The van der Waals surface area contributed by atoms with Gasteiger partial charge in [0.05, 0.1) is 6.54 Å². The van der Waals surface area contributed by atoms with Crippen LogP contribution in [0.1, 0.15) is 6.92 Å². The monoisotopic (exact) mass is 339 g/mol. The molecule has 1 N–H and O–H groups in total. The van der Waals surface area contributed by atoms with Gasteiger partial charge in [-0.15, -0.1) is 0 Å². The summed E-state index contributed by atoms with van der Waals surface area (Å²) < 4.78 is 4.99. The van der Waals surface area contributed by atoms with Crippen molar-refractivity contribution in [2.45, 2.75) is 6.92 Å².